The number of ether oxygens (including phenoxy) is 1. The van der Waals surface area contributed by atoms with Gasteiger partial charge < -0.3 is 4.74 Å². The summed E-state index contributed by atoms with van der Waals surface area (Å²) in [7, 11) is 0. The van der Waals surface area contributed by atoms with Crippen LogP contribution in [0.15, 0.2) is 24.8 Å². The molecule has 0 aromatic carbocycles. The molecule has 0 N–H and O–H groups in total. The van der Waals surface area contributed by atoms with E-state index in [1.165, 1.54) is 57.4 Å². The molecular weight excluding hydrogens is 248 g/mol. The van der Waals surface area contributed by atoms with E-state index in [1.54, 1.807) is 0 Å². The van der Waals surface area contributed by atoms with Crippen LogP contribution in [0.25, 0.3) is 0 Å². The molecule has 0 saturated carbocycles. The number of carbonyl (C=O) groups is 1. The quantitative estimate of drug-likeness (QED) is 0.180. The van der Waals surface area contributed by atoms with Crippen molar-refractivity contribution >= 4 is 5.97 Å². The molecule has 0 rings (SSSR count). The third kappa shape index (κ3) is 15.0. The normalized spacial score (nSPS) is 10.8. The summed E-state index contributed by atoms with van der Waals surface area (Å²) in [4.78, 5) is 10.8. The zero-order valence-electron chi connectivity index (χ0n) is 13.2. The fraction of sp³-hybridized carbons (Fsp3) is 0.722. The van der Waals surface area contributed by atoms with Crippen LogP contribution in [0.3, 0.4) is 0 Å². The molecule has 0 aromatic heterocycles. The number of allylic oxidation sites excluding steroid dienone is 2. The maximum absolute atomic E-state index is 10.8. The summed E-state index contributed by atoms with van der Waals surface area (Å²) in [6.07, 6.45) is 19.7. The van der Waals surface area contributed by atoms with Crippen molar-refractivity contribution in [3.8, 4) is 0 Å². The topological polar surface area (TPSA) is 26.3 Å². The monoisotopic (exact) mass is 280 g/mol. The zero-order valence-corrected chi connectivity index (χ0v) is 13.2. The van der Waals surface area contributed by atoms with E-state index in [2.05, 4.69) is 25.7 Å². The largest absolute Gasteiger partial charge is 0.463 e. The van der Waals surface area contributed by atoms with E-state index in [1.807, 2.05) is 0 Å². The third-order valence-corrected chi connectivity index (χ3v) is 3.33. The molecule has 0 fully saturated rings. The Labute approximate surface area is 125 Å². The number of hydrogen-bond acceptors (Lipinski definition) is 2. The van der Waals surface area contributed by atoms with Crippen LogP contribution in [0, 0.1) is 0 Å². The van der Waals surface area contributed by atoms with Crippen LogP contribution in [0.1, 0.15) is 77.6 Å². The van der Waals surface area contributed by atoms with E-state index in [0.29, 0.717) is 6.61 Å². The van der Waals surface area contributed by atoms with Gasteiger partial charge in [0.25, 0.3) is 0 Å². The van der Waals surface area contributed by atoms with Crippen LogP contribution in [0.4, 0.5) is 0 Å². The minimum atomic E-state index is -0.307. The molecule has 20 heavy (non-hydrogen) atoms. The zero-order chi connectivity index (χ0) is 14.9. The van der Waals surface area contributed by atoms with Crippen molar-refractivity contribution in [3.63, 3.8) is 0 Å². The predicted octanol–water partition coefficient (Wildman–Crippen LogP) is 5.58. The van der Waals surface area contributed by atoms with Crippen LogP contribution in [0.5, 0.6) is 0 Å². The van der Waals surface area contributed by atoms with Gasteiger partial charge in [-0.05, 0) is 25.7 Å². The molecule has 2 nitrogen and oxygen atoms in total. The lowest BCUT2D eigenvalue weighted by molar-refractivity contribution is -0.137. The van der Waals surface area contributed by atoms with Crippen LogP contribution in [-0.4, -0.2) is 12.6 Å². The number of esters is 1. The Kier molecular flexibility index (Phi) is 15.2. The highest BCUT2D eigenvalue weighted by Gasteiger charge is 1.95. The van der Waals surface area contributed by atoms with Crippen LogP contribution in [-0.2, 0) is 9.53 Å². The minimum absolute atomic E-state index is 0.307. The smallest absolute Gasteiger partial charge is 0.330 e. The van der Waals surface area contributed by atoms with E-state index in [0.717, 1.165) is 19.3 Å². The number of hydrogen-bond donors (Lipinski definition) is 0. The van der Waals surface area contributed by atoms with Crippen molar-refractivity contribution in [3.05, 3.63) is 24.8 Å². The Morgan fingerprint density at radius 3 is 2.00 bits per heavy atom. The molecular formula is C18H32O2. The highest BCUT2D eigenvalue weighted by molar-refractivity contribution is 5.81. The standard InChI is InChI=1S/C18H32O2/c1-3-5-6-7-8-9-10-11-12-13-14-15-16-17-20-18(19)4-2/h4-6H,2-3,7-17H2,1H3/b6-5+. The summed E-state index contributed by atoms with van der Waals surface area (Å²) >= 11 is 0. The molecule has 0 radical (unpaired) electrons. The van der Waals surface area contributed by atoms with Gasteiger partial charge in [-0.2, -0.15) is 0 Å². The maximum Gasteiger partial charge on any atom is 0.330 e. The van der Waals surface area contributed by atoms with E-state index < -0.39 is 0 Å². The van der Waals surface area contributed by atoms with Crippen LogP contribution < -0.4 is 0 Å². The summed E-state index contributed by atoms with van der Waals surface area (Å²) in [5, 5.41) is 0. The molecule has 2 heteroatoms. The molecule has 0 amide bonds. The second-order valence-electron chi connectivity index (χ2n) is 5.22. The van der Waals surface area contributed by atoms with E-state index in [4.69, 9.17) is 4.74 Å². The van der Waals surface area contributed by atoms with Crippen molar-refractivity contribution < 1.29 is 9.53 Å². The minimum Gasteiger partial charge on any atom is -0.463 e. The lowest BCUT2D eigenvalue weighted by atomic mass is 10.1. The Bertz CT molecular complexity index is 256. The van der Waals surface area contributed by atoms with E-state index in [-0.39, 0.29) is 5.97 Å². The molecule has 0 aliphatic heterocycles. The van der Waals surface area contributed by atoms with Gasteiger partial charge in [-0.1, -0.05) is 70.6 Å². The van der Waals surface area contributed by atoms with Crippen molar-refractivity contribution in [1.82, 2.24) is 0 Å². The number of carbonyl (C=O) groups excluding carboxylic acids is 1. The Balaban J connectivity index is 3.04. The molecule has 0 unspecified atom stereocenters. The van der Waals surface area contributed by atoms with Gasteiger partial charge in [-0.25, -0.2) is 4.79 Å². The fourth-order valence-corrected chi connectivity index (χ4v) is 2.12. The van der Waals surface area contributed by atoms with E-state index >= 15 is 0 Å². The second-order valence-corrected chi connectivity index (χ2v) is 5.22. The highest BCUT2D eigenvalue weighted by atomic mass is 16.5. The molecule has 0 atom stereocenters. The molecule has 0 aliphatic rings. The molecule has 0 spiro atoms. The summed E-state index contributed by atoms with van der Waals surface area (Å²) < 4.78 is 4.93. The summed E-state index contributed by atoms with van der Waals surface area (Å²) in [5.74, 6) is -0.307. The summed E-state index contributed by atoms with van der Waals surface area (Å²) in [5.41, 5.74) is 0. The first-order valence-electron chi connectivity index (χ1n) is 8.25. The van der Waals surface area contributed by atoms with Gasteiger partial charge >= 0.3 is 5.97 Å². The Morgan fingerprint density at radius 2 is 1.45 bits per heavy atom. The summed E-state index contributed by atoms with van der Waals surface area (Å²) in [6, 6.07) is 0. The molecule has 0 aromatic rings. The van der Waals surface area contributed by atoms with Gasteiger partial charge in [-0.15, -0.1) is 0 Å². The Hall–Kier alpha value is -1.05. The maximum atomic E-state index is 10.8. The SMILES string of the molecule is C=CC(=O)OCCCCCCCCCCC/C=C/CC. The first kappa shape index (κ1) is 18.9. The van der Waals surface area contributed by atoms with Crippen molar-refractivity contribution in [2.45, 2.75) is 77.6 Å². The van der Waals surface area contributed by atoms with Gasteiger partial charge in [0.05, 0.1) is 6.61 Å². The average Bonchev–Trinajstić information content (AvgIpc) is 2.47. The van der Waals surface area contributed by atoms with Crippen LogP contribution in [0.2, 0.25) is 0 Å². The lowest BCUT2D eigenvalue weighted by Crippen LogP contribution is -2.01. The van der Waals surface area contributed by atoms with Crippen LogP contribution >= 0.6 is 0 Å². The predicted molar refractivity (Wildman–Crippen MR) is 86.8 cm³/mol. The van der Waals surface area contributed by atoms with Gasteiger partial charge in [0, 0.05) is 6.08 Å². The Morgan fingerprint density at radius 1 is 0.900 bits per heavy atom. The molecule has 0 heterocycles. The molecule has 0 aliphatic carbocycles. The van der Waals surface area contributed by atoms with Gasteiger partial charge in [0.2, 0.25) is 0 Å². The fourth-order valence-electron chi connectivity index (χ4n) is 2.12. The number of unbranched alkanes of at least 4 members (excludes halogenated alkanes) is 9. The summed E-state index contributed by atoms with van der Waals surface area (Å²) in [6.45, 7) is 6.09. The third-order valence-electron chi connectivity index (χ3n) is 3.33. The average molecular weight is 280 g/mol. The van der Waals surface area contributed by atoms with E-state index in [9.17, 15) is 4.79 Å². The first-order chi connectivity index (χ1) is 9.81. The first-order valence-corrected chi connectivity index (χ1v) is 8.25. The molecule has 0 saturated heterocycles. The lowest BCUT2D eigenvalue weighted by Gasteiger charge is -2.03. The second kappa shape index (κ2) is 16.0. The van der Waals surface area contributed by atoms with Crippen molar-refractivity contribution in [1.29, 1.82) is 0 Å². The van der Waals surface area contributed by atoms with Crippen molar-refractivity contribution in [2.24, 2.45) is 0 Å². The van der Waals surface area contributed by atoms with Crippen molar-refractivity contribution in [2.75, 3.05) is 6.61 Å². The molecule has 0 bridgehead atoms. The highest BCUT2D eigenvalue weighted by Crippen LogP contribution is 2.11. The van der Waals surface area contributed by atoms with Gasteiger partial charge in [0.15, 0.2) is 0 Å². The van der Waals surface area contributed by atoms with Gasteiger partial charge in [-0.3, -0.25) is 0 Å². The van der Waals surface area contributed by atoms with Gasteiger partial charge in [0.1, 0.15) is 0 Å². The molecule has 116 valence electrons. The number of rotatable bonds is 14.